The molecule has 2 nitrogen and oxygen atoms in total. The minimum absolute atomic E-state index is 0.0193. The lowest BCUT2D eigenvalue weighted by Crippen LogP contribution is -2.17. The first-order valence-electron chi connectivity index (χ1n) is 10.8. The van der Waals surface area contributed by atoms with Crippen LogP contribution in [0.2, 0.25) is 0 Å². The molecule has 0 aromatic carbocycles. The molecule has 0 atom stereocenters. The van der Waals surface area contributed by atoms with Crippen LogP contribution in [0.1, 0.15) is 104 Å². The van der Waals surface area contributed by atoms with E-state index in [1.54, 1.807) is 0 Å². The predicted octanol–water partition coefficient (Wildman–Crippen LogP) is 7.64. The zero-order valence-corrected chi connectivity index (χ0v) is 17.7. The van der Waals surface area contributed by atoms with Crippen LogP contribution in [0.3, 0.4) is 0 Å². The van der Waals surface area contributed by atoms with Crippen molar-refractivity contribution in [3.63, 3.8) is 0 Å². The molecular formula is C22H43ClO2. The summed E-state index contributed by atoms with van der Waals surface area (Å²) in [5.74, 6) is 0.748. The molecule has 0 aliphatic heterocycles. The lowest BCUT2D eigenvalue weighted by atomic mass is 10.0. The van der Waals surface area contributed by atoms with E-state index in [1.807, 2.05) is 13.8 Å². The molecule has 0 aliphatic carbocycles. The highest BCUT2D eigenvalue weighted by molar-refractivity contribution is 6.17. The molecular weight excluding hydrogens is 332 g/mol. The number of hydrogen-bond acceptors (Lipinski definition) is 2. The van der Waals surface area contributed by atoms with Crippen molar-refractivity contribution >= 4 is 11.6 Å². The molecule has 0 radical (unpaired) electrons. The average Bonchev–Trinajstić information content (AvgIpc) is 2.61. The van der Waals surface area contributed by atoms with Crippen LogP contribution in [0.25, 0.3) is 0 Å². The number of hydrogen-bond donors (Lipinski definition) is 0. The van der Waals surface area contributed by atoms with Crippen LogP contribution >= 0.6 is 11.6 Å². The van der Waals surface area contributed by atoms with Crippen LogP contribution < -0.4 is 0 Å². The Bertz CT molecular complexity index is 263. The third kappa shape index (κ3) is 20.1. The minimum atomic E-state index is 0.0193. The van der Waals surface area contributed by atoms with Crippen LogP contribution in [-0.4, -0.2) is 25.4 Å². The van der Waals surface area contributed by atoms with Gasteiger partial charge in [-0.3, -0.25) is 0 Å². The Balaban J connectivity index is 3.18. The van der Waals surface area contributed by atoms with Gasteiger partial charge in [0.1, 0.15) is 0 Å². The maximum absolute atomic E-state index is 5.63. The van der Waals surface area contributed by atoms with Gasteiger partial charge in [0.2, 0.25) is 0 Å². The third-order valence-corrected chi connectivity index (χ3v) is 4.68. The van der Waals surface area contributed by atoms with Gasteiger partial charge in [0.05, 0.1) is 0 Å². The van der Waals surface area contributed by atoms with Crippen molar-refractivity contribution in [2.24, 2.45) is 0 Å². The van der Waals surface area contributed by atoms with E-state index in [9.17, 15) is 0 Å². The van der Waals surface area contributed by atoms with Crippen LogP contribution in [0.4, 0.5) is 0 Å². The van der Waals surface area contributed by atoms with Crippen LogP contribution in [0, 0.1) is 0 Å². The van der Waals surface area contributed by atoms with E-state index in [0.29, 0.717) is 0 Å². The van der Waals surface area contributed by atoms with Gasteiger partial charge in [-0.25, -0.2) is 0 Å². The van der Waals surface area contributed by atoms with E-state index >= 15 is 0 Å². The number of halogens is 1. The first-order chi connectivity index (χ1) is 12.3. The molecule has 0 amide bonds. The van der Waals surface area contributed by atoms with Crippen LogP contribution in [-0.2, 0) is 9.47 Å². The Morgan fingerprint density at radius 1 is 0.640 bits per heavy atom. The summed E-state index contributed by atoms with van der Waals surface area (Å²) in [5, 5.41) is 0. The summed E-state index contributed by atoms with van der Waals surface area (Å²) >= 11 is 5.63. The zero-order chi connectivity index (χ0) is 18.4. The first-order valence-corrected chi connectivity index (χ1v) is 11.3. The van der Waals surface area contributed by atoms with E-state index in [0.717, 1.165) is 31.9 Å². The van der Waals surface area contributed by atoms with Gasteiger partial charge in [0, 0.05) is 19.1 Å². The number of ether oxygens (including phenoxy) is 2. The van der Waals surface area contributed by atoms with Crippen molar-refractivity contribution in [2.45, 2.75) is 110 Å². The van der Waals surface area contributed by atoms with Crippen LogP contribution in [0.15, 0.2) is 12.2 Å². The standard InChI is InChI=1S/C22H43ClO2/c1-3-24-22(25-4-2)20-18-16-14-12-10-8-6-5-7-9-11-13-15-17-19-21-23/h15,17,22H,3-14,16,18-21H2,1-2H3/b17-15+. The normalized spacial score (nSPS) is 11.8. The second-order valence-electron chi connectivity index (χ2n) is 6.76. The quantitative estimate of drug-likeness (QED) is 0.0942. The van der Waals surface area contributed by atoms with E-state index in [2.05, 4.69) is 12.2 Å². The second kappa shape index (κ2) is 22.0. The molecule has 0 fully saturated rings. The number of alkyl halides is 1. The van der Waals surface area contributed by atoms with Gasteiger partial charge in [-0.05, 0) is 46.0 Å². The molecule has 0 unspecified atom stereocenters. The van der Waals surface area contributed by atoms with Crippen molar-refractivity contribution in [1.29, 1.82) is 0 Å². The van der Waals surface area contributed by atoms with Crippen molar-refractivity contribution in [3.05, 3.63) is 12.2 Å². The highest BCUT2D eigenvalue weighted by Gasteiger charge is 2.06. The average molecular weight is 375 g/mol. The summed E-state index contributed by atoms with van der Waals surface area (Å²) in [6.07, 6.45) is 22.9. The largest absolute Gasteiger partial charge is 0.353 e. The molecule has 3 heteroatoms. The van der Waals surface area contributed by atoms with E-state index in [4.69, 9.17) is 21.1 Å². The lowest BCUT2D eigenvalue weighted by Gasteiger charge is -2.16. The van der Waals surface area contributed by atoms with Gasteiger partial charge in [-0.1, -0.05) is 69.9 Å². The van der Waals surface area contributed by atoms with Gasteiger partial charge in [-0.15, -0.1) is 11.6 Å². The Morgan fingerprint density at radius 2 is 1.08 bits per heavy atom. The SMILES string of the molecule is CCOC(CCCCCCCCCCCCC/C=C/CCCl)OCC. The summed E-state index contributed by atoms with van der Waals surface area (Å²) in [5.41, 5.74) is 0. The van der Waals surface area contributed by atoms with Crippen molar-refractivity contribution < 1.29 is 9.47 Å². The molecule has 0 aliphatic rings. The van der Waals surface area contributed by atoms with Gasteiger partial charge in [0.15, 0.2) is 6.29 Å². The first kappa shape index (κ1) is 24.9. The fourth-order valence-electron chi connectivity index (χ4n) is 3.05. The Labute approximate surface area is 162 Å². The molecule has 0 spiro atoms. The summed E-state index contributed by atoms with van der Waals surface area (Å²) < 4.78 is 11.2. The summed E-state index contributed by atoms with van der Waals surface area (Å²) in [7, 11) is 0. The summed E-state index contributed by atoms with van der Waals surface area (Å²) in [6.45, 7) is 5.56. The number of unbranched alkanes of at least 4 members (excludes halogenated alkanes) is 11. The highest BCUT2D eigenvalue weighted by Crippen LogP contribution is 2.14. The smallest absolute Gasteiger partial charge is 0.157 e. The summed E-state index contributed by atoms with van der Waals surface area (Å²) in [6, 6.07) is 0. The van der Waals surface area contributed by atoms with Crippen LogP contribution in [0.5, 0.6) is 0 Å². The highest BCUT2D eigenvalue weighted by atomic mass is 35.5. The van der Waals surface area contributed by atoms with Crippen molar-refractivity contribution in [1.82, 2.24) is 0 Å². The Hall–Kier alpha value is -0.0500. The molecule has 0 heterocycles. The predicted molar refractivity (Wildman–Crippen MR) is 112 cm³/mol. The molecule has 0 aromatic rings. The van der Waals surface area contributed by atoms with Gasteiger partial charge in [-0.2, -0.15) is 0 Å². The van der Waals surface area contributed by atoms with E-state index in [-0.39, 0.29) is 6.29 Å². The summed E-state index contributed by atoms with van der Waals surface area (Å²) in [4.78, 5) is 0. The molecule has 25 heavy (non-hydrogen) atoms. The Kier molecular flexibility index (Phi) is 21.9. The topological polar surface area (TPSA) is 18.5 Å². The fraction of sp³-hybridized carbons (Fsp3) is 0.909. The van der Waals surface area contributed by atoms with Gasteiger partial charge >= 0.3 is 0 Å². The lowest BCUT2D eigenvalue weighted by molar-refractivity contribution is -0.140. The van der Waals surface area contributed by atoms with E-state index < -0.39 is 0 Å². The number of allylic oxidation sites excluding steroid dienone is 2. The fourth-order valence-corrected chi connectivity index (χ4v) is 3.18. The maximum atomic E-state index is 5.63. The molecule has 0 N–H and O–H groups in total. The third-order valence-electron chi connectivity index (χ3n) is 4.46. The number of rotatable bonds is 20. The van der Waals surface area contributed by atoms with E-state index in [1.165, 1.54) is 77.0 Å². The monoisotopic (exact) mass is 374 g/mol. The van der Waals surface area contributed by atoms with Gasteiger partial charge < -0.3 is 9.47 Å². The Morgan fingerprint density at radius 3 is 1.56 bits per heavy atom. The van der Waals surface area contributed by atoms with Gasteiger partial charge in [0.25, 0.3) is 0 Å². The minimum Gasteiger partial charge on any atom is -0.353 e. The maximum Gasteiger partial charge on any atom is 0.157 e. The molecule has 0 bridgehead atoms. The molecule has 150 valence electrons. The molecule has 0 rings (SSSR count). The van der Waals surface area contributed by atoms with Crippen molar-refractivity contribution in [3.8, 4) is 0 Å². The molecule has 0 aromatic heterocycles. The molecule has 0 saturated heterocycles. The zero-order valence-electron chi connectivity index (χ0n) is 16.9. The second-order valence-corrected chi connectivity index (χ2v) is 7.13. The molecule has 0 saturated carbocycles. The van der Waals surface area contributed by atoms with Crippen molar-refractivity contribution in [2.75, 3.05) is 19.1 Å².